The van der Waals surface area contributed by atoms with Gasteiger partial charge in [-0.25, -0.2) is 0 Å². The third-order valence-electron chi connectivity index (χ3n) is 3.29. The number of likely N-dealkylation sites (N-methyl/N-ethyl adjacent to an activating group) is 1. The molecule has 1 aliphatic heterocycles. The summed E-state index contributed by atoms with van der Waals surface area (Å²) in [6, 6.07) is 8.01. The molecule has 1 N–H and O–H groups in total. The molecular weight excluding hydrogens is 286 g/mol. The lowest BCUT2D eigenvalue weighted by Gasteiger charge is -2.28. The molecule has 116 valence electrons. The van der Waals surface area contributed by atoms with Crippen molar-refractivity contribution in [2.24, 2.45) is 0 Å². The van der Waals surface area contributed by atoms with E-state index < -0.39 is 0 Å². The highest BCUT2D eigenvalue weighted by atomic mass is 32.2. The molecule has 0 spiro atoms. The largest absolute Gasteiger partial charge is 0.378 e. The zero-order valence-corrected chi connectivity index (χ0v) is 13.5. The van der Waals surface area contributed by atoms with Crippen LogP contribution in [0.3, 0.4) is 0 Å². The van der Waals surface area contributed by atoms with Crippen LogP contribution in [0.25, 0.3) is 0 Å². The van der Waals surface area contributed by atoms with Crippen LogP contribution in [0.4, 0.5) is 11.4 Å². The minimum atomic E-state index is 0.0191. The van der Waals surface area contributed by atoms with E-state index in [1.54, 1.807) is 11.8 Å². The molecule has 0 aromatic heterocycles. The van der Waals surface area contributed by atoms with Crippen LogP contribution < -0.4 is 10.2 Å². The molecule has 1 saturated heterocycles. The van der Waals surface area contributed by atoms with Gasteiger partial charge in [0.25, 0.3) is 0 Å². The van der Waals surface area contributed by atoms with E-state index in [9.17, 15) is 4.79 Å². The van der Waals surface area contributed by atoms with Crippen molar-refractivity contribution in [2.45, 2.75) is 0 Å². The van der Waals surface area contributed by atoms with Gasteiger partial charge in [-0.15, -0.1) is 11.8 Å². The first kappa shape index (κ1) is 16.1. The molecule has 21 heavy (non-hydrogen) atoms. The van der Waals surface area contributed by atoms with Crippen molar-refractivity contribution in [3.8, 4) is 0 Å². The van der Waals surface area contributed by atoms with Gasteiger partial charge < -0.3 is 15.0 Å². The van der Waals surface area contributed by atoms with Gasteiger partial charge in [0.1, 0.15) is 0 Å². The van der Waals surface area contributed by atoms with Gasteiger partial charge in [-0.1, -0.05) is 0 Å². The minimum absolute atomic E-state index is 0.0191. The maximum absolute atomic E-state index is 11.9. The number of morpholine rings is 1. The number of rotatable bonds is 6. The van der Waals surface area contributed by atoms with E-state index in [0.717, 1.165) is 37.9 Å². The molecule has 1 aliphatic rings. The number of nitrogens with one attached hydrogen (secondary N) is 1. The average Bonchev–Trinajstić information content (AvgIpc) is 2.49. The molecule has 1 aromatic rings. The predicted octanol–water partition coefficient (Wildman–Crippen LogP) is 1.71. The van der Waals surface area contributed by atoms with Crippen LogP contribution in [0, 0.1) is 0 Å². The number of ether oxygens (including phenoxy) is 1. The Morgan fingerprint density at radius 3 is 2.62 bits per heavy atom. The van der Waals surface area contributed by atoms with E-state index in [1.165, 1.54) is 5.69 Å². The summed E-state index contributed by atoms with van der Waals surface area (Å²) < 4.78 is 5.35. The Labute approximate surface area is 130 Å². The Morgan fingerprint density at radius 2 is 2.00 bits per heavy atom. The number of anilines is 2. The molecule has 0 unspecified atom stereocenters. The first-order valence-electron chi connectivity index (χ1n) is 7.09. The van der Waals surface area contributed by atoms with Gasteiger partial charge in [-0.2, -0.15) is 0 Å². The van der Waals surface area contributed by atoms with Crippen LogP contribution in [0.2, 0.25) is 0 Å². The van der Waals surface area contributed by atoms with Gasteiger partial charge >= 0.3 is 0 Å². The van der Waals surface area contributed by atoms with Crippen LogP contribution >= 0.6 is 11.8 Å². The third kappa shape index (κ3) is 5.22. The predicted molar refractivity (Wildman–Crippen MR) is 89.1 cm³/mol. The van der Waals surface area contributed by atoms with Crippen LogP contribution in [-0.4, -0.2) is 62.8 Å². The maximum atomic E-state index is 11.9. The molecule has 0 atom stereocenters. The molecule has 0 aliphatic carbocycles. The van der Waals surface area contributed by atoms with E-state index in [2.05, 4.69) is 10.2 Å². The number of hydrogen-bond acceptors (Lipinski definition) is 5. The average molecular weight is 309 g/mol. The van der Waals surface area contributed by atoms with Gasteiger partial charge in [0.05, 0.1) is 19.8 Å². The molecule has 1 heterocycles. The van der Waals surface area contributed by atoms with Crippen molar-refractivity contribution in [3.63, 3.8) is 0 Å². The summed E-state index contributed by atoms with van der Waals surface area (Å²) >= 11 is 1.71. The molecule has 0 saturated carbocycles. The standard InChI is InChI=1S/C15H23N3O2S/c1-17(12-21-2)11-15(19)16-13-3-5-14(6-4-13)18-7-9-20-10-8-18/h3-6H,7-12H2,1-2H3,(H,16,19). The van der Waals surface area contributed by atoms with Crippen LogP contribution in [0.15, 0.2) is 24.3 Å². The van der Waals surface area contributed by atoms with E-state index in [0.29, 0.717) is 6.54 Å². The topological polar surface area (TPSA) is 44.8 Å². The summed E-state index contributed by atoms with van der Waals surface area (Å²) in [5.41, 5.74) is 2.02. The van der Waals surface area contributed by atoms with Gasteiger partial charge in [-0.05, 0) is 37.6 Å². The van der Waals surface area contributed by atoms with Crippen molar-refractivity contribution in [1.82, 2.24) is 4.90 Å². The lowest BCUT2D eigenvalue weighted by Crippen LogP contribution is -2.36. The monoisotopic (exact) mass is 309 g/mol. The SMILES string of the molecule is CSCN(C)CC(=O)Nc1ccc(N2CCOCC2)cc1. The molecule has 0 radical (unpaired) electrons. The highest BCUT2D eigenvalue weighted by Crippen LogP contribution is 2.19. The maximum Gasteiger partial charge on any atom is 0.238 e. The summed E-state index contributed by atoms with van der Waals surface area (Å²) in [7, 11) is 1.94. The Hall–Kier alpha value is -1.24. The van der Waals surface area contributed by atoms with Gasteiger partial charge in [0.2, 0.25) is 5.91 Å². The second-order valence-electron chi connectivity index (χ2n) is 5.13. The molecular formula is C15H23N3O2S. The summed E-state index contributed by atoms with van der Waals surface area (Å²) in [4.78, 5) is 16.2. The van der Waals surface area contributed by atoms with Gasteiger partial charge in [0.15, 0.2) is 0 Å². The van der Waals surface area contributed by atoms with E-state index >= 15 is 0 Å². The second kappa shape index (κ2) is 8.26. The van der Waals surface area contributed by atoms with Crippen molar-refractivity contribution in [1.29, 1.82) is 0 Å². The Morgan fingerprint density at radius 1 is 1.33 bits per heavy atom. The van der Waals surface area contributed by atoms with Gasteiger partial charge in [-0.3, -0.25) is 9.69 Å². The van der Waals surface area contributed by atoms with E-state index in [4.69, 9.17) is 4.74 Å². The number of thioether (sulfide) groups is 1. The normalized spacial score (nSPS) is 15.3. The summed E-state index contributed by atoms with van der Waals surface area (Å²) in [6.07, 6.45) is 2.03. The molecule has 0 bridgehead atoms. The minimum Gasteiger partial charge on any atom is -0.378 e. The fourth-order valence-corrected chi connectivity index (χ4v) is 2.82. The number of benzene rings is 1. The second-order valence-corrected chi connectivity index (χ2v) is 5.96. The Kier molecular flexibility index (Phi) is 6.35. The fourth-order valence-electron chi connectivity index (χ4n) is 2.29. The van der Waals surface area contributed by atoms with Crippen molar-refractivity contribution >= 4 is 29.0 Å². The van der Waals surface area contributed by atoms with Crippen molar-refractivity contribution < 1.29 is 9.53 Å². The number of carbonyl (C=O) groups is 1. The third-order valence-corrected chi connectivity index (χ3v) is 3.99. The Balaban J connectivity index is 1.85. The molecule has 1 aromatic carbocycles. The van der Waals surface area contributed by atoms with Crippen molar-refractivity contribution in [2.75, 3.05) is 62.2 Å². The molecule has 1 amide bonds. The van der Waals surface area contributed by atoms with Gasteiger partial charge in [0, 0.05) is 30.3 Å². The fraction of sp³-hybridized carbons (Fsp3) is 0.533. The number of carbonyl (C=O) groups excluding carboxylic acids is 1. The highest BCUT2D eigenvalue weighted by Gasteiger charge is 2.11. The smallest absolute Gasteiger partial charge is 0.238 e. The molecule has 6 heteroatoms. The number of amides is 1. The van der Waals surface area contributed by atoms with Crippen molar-refractivity contribution in [3.05, 3.63) is 24.3 Å². The summed E-state index contributed by atoms with van der Waals surface area (Å²) in [6.45, 7) is 3.81. The van der Waals surface area contributed by atoms with Crippen LogP contribution in [-0.2, 0) is 9.53 Å². The molecule has 2 rings (SSSR count). The lowest BCUT2D eigenvalue weighted by atomic mass is 10.2. The quantitative estimate of drug-likeness (QED) is 0.811. The van der Waals surface area contributed by atoms with E-state index in [-0.39, 0.29) is 5.91 Å². The molecule has 5 nitrogen and oxygen atoms in total. The summed E-state index contributed by atoms with van der Waals surface area (Å²) in [5, 5.41) is 2.93. The Bertz CT molecular complexity index is 447. The first-order valence-corrected chi connectivity index (χ1v) is 8.48. The van der Waals surface area contributed by atoms with Crippen LogP contribution in [0.1, 0.15) is 0 Å². The zero-order chi connectivity index (χ0) is 15.1. The number of hydrogen-bond donors (Lipinski definition) is 1. The lowest BCUT2D eigenvalue weighted by molar-refractivity contribution is -0.116. The first-order chi connectivity index (χ1) is 10.2. The zero-order valence-electron chi connectivity index (χ0n) is 12.7. The highest BCUT2D eigenvalue weighted by molar-refractivity contribution is 7.98. The van der Waals surface area contributed by atoms with Crippen LogP contribution in [0.5, 0.6) is 0 Å². The van der Waals surface area contributed by atoms with E-state index in [1.807, 2.05) is 42.5 Å². The number of nitrogens with zero attached hydrogens (tertiary/aromatic N) is 2. The molecule has 1 fully saturated rings. The summed E-state index contributed by atoms with van der Waals surface area (Å²) in [5.74, 6) is 0.870.